The monoisotopic (exact) mass is 426 g/mol. The third kappa shape index (κ3) is 4.51. The SMILES string of the molecule is C=CCCc1cn(CCC=C)c(=O)n1Cc1ccc(-c2ccccc2-c2nnn[nH]2)cc1. The molecule has 162 valence electrons. The number of hydrogen-bond acceptors (Lipinski definition) is 4. The second-order valence-corrected chi connectivity index (χ2v) is 7.58. The van der Waals surface area contributed by atoms with Crippen LogP contribution in [0.2, 0.25) is 0 Å². The molecule has 0 radical (unpaired) electrons. The first-order chi connectivity index (χ1) is 15.7. The minimum Gasteiger partial charge on any atom is -0.299 e. The summed E-state index contributed by atoms with van der Waals surface area (Å²) in [5.41, 5.74) is 5.13. The number of imidazole rings is 1. The first-order valence-corrected chi connectivity index (χ1v) is 10.6. The van der Waals surface area contributed by atoms with Crippen molar-refractivity contribution in [2.75, 3.05) is 0 Å². The van der Waals surface area contributed by atoms with Crippen molar-refractivity contribution in [3.8, 4) is 22.5 Å². The number of hydrogen-bond donors (Lipinski definition) is 1. The van der Waals surface area contributed by atoms with E-state index in [1.165, 1.54) is 0 Å². The second kappa shape index (κ2) is 9.87. The molecule has 0 aliphatic carbocycles. The van der Waals surface area contributed by atoms with Gasteiger partial charge in [-0.05, 0) is 46.4 Å². The van der Waals surface area contributed by atoms with E-state index in [1.54, 1.807) is 4.57 Å². The minimum absolute atomic E-state index is 0.0122. The highest BCUT2D eigenvalue weighted by Gasteiger charge is 2.13. The molecule has 7 heteroatoms. The average Bonchev–Trinajstić information content (AvgIpc) is 3.46. The third-order valence-electron chi connectivity index (χ3n) is 5.44. The molecule has 2 aromatic carbocycles. The Kier molecular flexibility index (Phi) is 6.55. The molecule has 4 aromatic rings. The molecular weight excluding hydrogens is 400 g/mol. The Morgan fingerprint density at radius 2 is 1.72 bits per heavy atom. The lowest BCUT2D eigenvalue weighted by Gasteiger charge is -2.10. The fourth-order valence-electron chi connectivity index (χ4n) is 3.78. The van der Waals surface area contributed by atoms with Crippen molar-refractivity contribution < 1.29 is 0 Å². The van der Waals surface area contributed by atoms with Crippen LogP contribution in [0.1, 0.15) is 24.1 Å². The van der Waals surface area contributed by atoms with E-state index in [2.05, 4.69) is 58.0 Å². The lowest BCUT2D eigenvalue weighted by Crippen LogP contribution is -2.25. The Morgan fingerprint density at radius 1 is 0.969 bits per heavy atom. The summed E-state index contributed by atoms with van der Waals surface area (Å²) in [5, 5.41) is 14.2. The molecule has 4 rings (SSSR count). The summed E-state index contributed by atoms with van der Waals surface area (Å²) in [6.45, 7) is 8.74. The van der Waals surface area contributed by atoms with E-state index in [-0.39, 0.29) is 5.69 Å². The van der Waals surface area contributed by atoms with Crippen LogP contribution in [-0.2, 0) is 19.5 Å². The summed E-state index contributed by atoms with van der Waals surface area (Å²) in [7, 11) is 0. The summed E-state index contributed by atoms with van der Waals surface area (Å²) >= 11 is 0. The Bertz CT molecular complexity index is 1250. The summed E-state index contributed by atoms with van der Waals surface area (Å²) in [5.74, 6) is 0.629. The van der Waals surface area contributed by atoms with Gasteiger partial charge in [-0.1, -0.05) is 60.7 Å². The summed E-state index contributed by atoms with van der Waals surface area (Å²) in [4.78, 5) is 13.0. The van der Waals surface area contributed by atoms with Crippen LogP contribution in [-0.4, -0.2) is 29.8 Å². The Balaban J connectivity index is 1.61. The lowest BCUT2D eigenvalue weighted by atomic mass is 9.98. The molecular formula is C25H26N6O. The van der Waals surface area contributed by atoms with Gasteiger partial charge >= 0.3 is 5.69 Å². The Morgan fingerprint density at radius 3 is 2.41 bits per heavy atom. The molecule has 2 aromatic heterocycles. The van der Waals surface area contributed by atoms with Gasteiger partial charge in [-0.15, -0.1) is 18.3 Å². The fourth-order valence-corrected chi connectivity index (χ4v) is 3.78. The molecule has 0 saturated heterocycles. The smallest absolute Gasteiger partial charge is 0.299 e. The van der Waals surface area contributed by atoms with Crippen LogP contribution in [0.5, 0.6) is 0 Å². The number of benzene rings is 2. The van der Waals surface area contributed by atoms with Gasteiger partial charge in [-0.3, -0.25) is 9.13 Å². The Hall–Kier alpha value is -4.00. The normalized spacial score (nSPS) is 10.9. The predicted molar refractivity (Wildman–Crippen MR) is 126 cm³/mol. The molecule has 7 nitrogen and oxygen atoms in total. The maximum Gasteiger partial charge on any atom is 0.328 e. The average molecular weight is 427 g/mol. The van der Waals surface area contributed by atoms with Gasteiger partial charge in [-0.2, -0.15) is 0 Å². The highest BCUT2D eigenvalue weighted by molar-refractivity contribution is 5.80. The number of rotatable bonds is 10. The first-order valence-electron chi connectivity index (χ1n) is 10.6. The van der Waals surface area contributed by atoms with Crippen LogP contribution in [0.25, 0.3) is 22.5 Å². The van der Waals surface area contributed by atoms with E-state index in [9.17, 15) is 4.79 Å². The van der Waals surface area contributed by atoms with Gasteiger partial charge in [0.1, 0.15) is 0 Å². The van der Waals surface area contributed by atoms with E-state index in [0.29, 0.717) is 18.9 Å². The van der Waals surface area contributed by atoms with E-state index in [1.807, 2.05) is 47.2 Å². The van der Waals surface area contributed by atoms with Gasteiger partial charge in [0, 0.05) is 24.0 Å². The first kappa shape index (κ1) is 21.2. The van der Waals surface area contributed by atoms with Gasteiger partial charge in [-0.25, -0.2) is 9.89 Å². The van der Waals surface area contributed by atoms with Crippen molar-refractivity contribution in [1.29, 1.82) is 0 Å². The molecule has 32 heavy (non-hydrogen) atoms. The largest absolute Gasteiger partial charge is 0.328 e. The summed E-state index contributed by atoms with van der Waals surface area (Å²) in [6, 6.07) is 16.3. The van der Waals surface area contributed by atoms with Gasteiger partial charge in [0.05, 0.1) is 6.54 Å². The molecule has 0 aliphatic heterocycles. The maximum atomic E-state index is 13.0. The molecule has 0 bridgehead atoms. The zero-order chi connectivity index (χ0) is 22.3. The number of tetrazole rings is 1. The van der Waals surface area contributed by atoms with Crippen LogP contribution < -0.4 is 5.69 Å². The van der Waals surface area contributed by atoms with E-state index in [0.717, 1.165) is 47.2 Å². The number of H-pyrrole nitrogens is 1. The molecule has 0 saturated carbocycles. The van der Waals surface area contributed by atoms with Gasteiger partial charge in [0.25, 0.3) is 0 Å². The molecule has 1 N–H and O–H groups in total. The van der Waals surface area contributed by atoms with Gasteiger partial charge < -0.3 is 0 Å². The third-order valence-corrected chi connectivity index (χ3v) is 5.44. The molecule has 0 aliphatic rings. The van der Waals surface area contributed by atoms with Crippen molar-refractivity contribution in [1.82, 2.24) is 29.8 Å². The second-order valence-electron chi connectivity index (χ2n) is 7.58. The van der Waals surface area contributed by atoms with Crippen LogP contribution in [0, 0.1) is 0 Å². The number of nitrogens with zero attached hydrogens (tertiary/aromatic N) is 5. The number of aromatic nitrogens is 6. The summed E-state index contributed by atoms with van der Waals surface area (Å²) < 4.78 is 3.63. The van der Waals surface area contributed by atoms with Crippen molar-refractivity contribution in [3.63, 3.8) is 0 Å². The Labute approximate surface area is 186 Å². The summed E-state index contributed by atoms with van der Waals surface area (Å²) in [6.07, 6.45) is 8.06. The predicted octanol–water partition coefficient (Wildman–Crippen LogP) is 4.24. The molecule has 0 fully saturated rings. The lowest BCUT2D eigenvalue weighted by molar-refractivity contribution is 0.635. The van der Waals surface area contributed by atoms with Crippen LogP contribution in [0.15, 0.2) is 84.8 Å². The minimum atomic E-state index is 0.0122. The number of nitrogens with one attached hydrogen (secondary N) is 1. The van der Waals surface area contributed by atoms with Crippen molar-refractivity contribution in [3.05, 3.63) is 102 Å². The van der Waals surface area contributed by atoms with Crippen LogP contribution >= 0.6 is 0 Å². The zero-order valence-electron chi connectivity index (χ0n) is 17.9. The highest BCUT2D eigenvalue weighted by Crippen LogP contribution is 2.29. The molecule has 0 spiro atoms. The number of aromatic amines is 1. The van der Waals surface area contributed by atoms with Crippen molar-refractivity contribution in [2.24, 2.45) is 0 Å². The molecule has 0 unspecified atom stereocenters. The quantitative estimate of drug-likeness (QED) is 0.385. The number of allylic oxidation sites excluding steroid dienone is 2. The van der Waals surface area contributed by atoms with Crippen molar-refractivity contribution >= 4 is 0 Å². The fraction of sp³-hybridized carbons (Fsp3) is 0.200. The maximum absolute atomic E-state index is 13.0. The van der Waals surface area contributed by atoms with E-state index < -0.39 is 0 Å². The number of aryl methyl sites for hydroxylation is 2. The van der Waals surface area contributed by atoms with Gasteiger partial charge in [0.2, 0.25) is 0 Å². The zero-order valence-corrected chi connectivity index (χ0v) is 17.9. The van der Waals surface area contributed by atoms with Gasteiger partial charge in [0.15, 0.2) is 5.82 Å². The van der Waals surface area contributed by atoms with Crippen LogP contribution in [0.4, 0.5) is 0 Å². The standard InChI is InChI=1S/C25H26N6O/c1-3-5-9-21-18-30(16-6-4-2)25(32)31(21)17-19-12-14-20(15-13-19)22-10-7-8-11-23(22)24-26-28-29-27-24/h3-4,7-8,10-15,18H,1-2,5-6,9,16-17H2,(H,26,27,28,29). The molecule has 0 amide bonds. The van der Waals surface area contributed by atoms with Crippen LogP contribution in [0.3, 0.4) is 0 Å². The highest BCUT2D eigenvalue weighted by atomic mass is 16.1. The topological polar surface area (TPSA) is 81.4 Å². The molecule has 2 heterocycles. The van der Waals surface area contributed by atoms with E-state index >= 15 is 0 Å². The van der Waals surface area contributed by atoms with Crippen molar-refractivity contribution in [2.45, 2.75) is 32.4 Å². The van der Waals surface area contributed by atoms with E-state index in [4.69, 9.17) is 0 Å². The molecule has 0 atom stereocenters.